The number of rotatable bonds is 3. The monoisotopic (exact) mass is 270 g/mol. The zero-order valence-electron chi connectivity index (χ0n) is 8.42. The van der Waals surface area contributed by atoms with E-state index in [0.29, 0.717) is 6.07 Å². The van der Waals surface area contributed by atoms with Gasteiger partial charge in [0, 0.05) is 11.8 Å². The Morgan fingerprint density at radius 1 is 1.17 bits per heavy atom. The minimum Gasteiger partial charge on any atom is -0.426 e. The lowest BCUT2D eigenvalue weighted by molar-refractivity contribution is -0.360. The van der Waals surface area contributed by atoms with Crippen LogP contribution in [0, 0.1) is 0 Å². The van der Waals surface area contributed by atoms with Crippen molar-refractivity contribution in [1.82, 2.24) is 0 Å². The largest absolute Gasteiger partial charge is 0.499 e. The first kappa shape index (κ1) is 14.0. The Morgan fingerprint density at radius 3 is 2.28 bits per heavy atom. The number of carbonyl (C=O) groups excluding carboxylic acids is 1. The van der Waals surface area contributed by atoms with Crippen molar-refractivity contribution in [1.29, 1.82) is 0 Å². The quantitative estimate of drug-likeness (QED) is 0.857. The molecule has 0 saturated heterocycles. The van der Waals surface area contributed by atoms with Crippen molar-refractivity contribution >= 4 is 11.8 Å². The molecule has 4 nitrogen and oxygen atoms in total. The number of benzene rings is 1. The molecular weight excluding hydrogens is 265 g/mol. The Labute approximate surface area is 97.0 Å². The molecule has 0 aromatic heterocycles. The fraction of sp³-hybridized carbons (Fsp3) is 0.222. The summed E-state index contributed by atoms with van der Waals surface area (Å²) in [5.74, 6) is -0.844. The third-order valence-electron chi connectivity index (χ3n) is 1.66. The van der Waals surface area contributed by atoms with Crippen LogP contribution in [0.2, 0.25) is 0 Å². The normalized spacial score (nSPS) is 12.1. The summed E-state index contributed by atoms with van der Waals surface area (Å²) in [5, 5.41) is 11.8. The Bertz CT molecular complexity index is 446. The van der Waals surface area contributed by atoms with Crippen LogP contribution in [0.25, 0.3) is 0 Å². The highest BCUT2D eigenvalue weighted by atomic mass is 19.4. The second kappa shape index (κ2) is 4.67. The first-order valence-electron chi connectivity index (χ1n) is 4.33. The van der Waals surface area contributed by atoms with Crippen molar-refractivity contribution in [2.75, 3.05) is 5.32 Å². The SMILES string of the molecule is [O]C(=O)Nc1cccc(OC(F)(F)C(F)(F)F)c1. The van der Waals surface area contributed by atoms with E-state index in [1.807, 2.05) is 0 Å². The van der Waals surface area contributed by atoms with Crippen LogP contribution >= 0.6 is 0 Å². The summed E-state index contributed by atoms with van der Waals surface area (Å²) in [7, 11) is 0. The van der Waals surface area contributed by atoms with E-state index in [0.717, 1.165) is 18.2 Å². The number of nitrogens with one attached hydrogen (secondary N) is 1. The maximum atomic E-state index is 12.5. The molecule has 0 heterocycles. The number of halogens is 5. The fourth-order valence-electron chi connectivity index (χ4n) is 0.961. The molecule has 18 heavy (non-hydrogen) atoms. The molecular formula is C9H5F5NO3. The molecule has 0 atom stereocenters. The van der Waals surface area contributed by atoms with Crippen LogP contribution in [0.5, 0.6) is 5.75 Å². The van der Waals surface area contributed by atoms with Crippen LogP contribution in [-0.4, -0.2) is 18.4 Å². The van der Waals surface area contributed by atoms with E-state index in [-0.39, 0.29) is 5.69 Å². The molecule has 1 rings (SSSR count). The average Bonchev–Trinajstić information content (AvgIpc) is 2.14. The lowest BCUT2D eigenvalue weighted by Crippen LogP contribution is -2.41. The highest BCUT2D eigenvalue weighted by molar-refractivity contribution is 5.82. The van der Waals surface area contributed by atoms with Crippen molar-refractivity contribution in [2.24, 2.45) is 0 Å². The standard InChI is InChI=1S/C9H5F5NO3/c10-8(11,12)9(13,14)18-6-3-1-2-5(4-6)15-7(16)17/h1-4,15H. The molecule has 1 amide bonds. The summed E-state index contributed by atoms with van der Waals surface area (Å²) in [6, 6.07) is 3.64. The van der Waals surface area contributed by atoms with Crippen molar-refractivity contribution in [3.8, 4) is 5.75 Å². The minimum absolute atomic E-state index is 0.259. The molecule has 0 bridgehead atoms. The van der Waals surface area contributed by atoms with Crippen LogP contribution in [0.4, 0.5) is 32.4 Å². The minimum atomic E-state index is -5.87. The molecule has 0 saturated carbocycles. The van der Waals surface area contributed by atoms with E-state index >= 15 is 0 Å². The lowest BCUT2D eigenvalue weighted by atomic mass is 10.3. The number of alkyl halides is 5. The molecule has 0 aliphatic carbocycles. The second-order valence-corrected chi connectivity index (χ2v) is 3.06. The van der Waals surface area contributed by atoms with Crippen LogP contribution in [0.3, 0.4) is 0 Å². The van der Waals surface area contributed by atoms with Crippen LogP contribution in [0.15, 0.2) is 24.3 Å². The van der Waals surface area contributed by atoms with Gasteiger partial charge < -0.3 is 4.74 Å². The van der Waals surface area contributed by atoms with Gasteiger partial charge in [0.25, 0.3) is 0 Å². The van der Waals surface area contributed by atoms with Crippen LogP contribution < -0.4 is 10.1 Å². The van der Waals surface area contributed by atoms with Gasteiger partial charge in [0.15, 0.2) is 0 Å². The summed E-state index contributed by atoms with van der Waals surface area (Å²) >= 11 is 0. The molecule has 0 aliphatic heterocycles. The van der Waals surface area contributed by atoms with Gasteiger partial charge in [0.05, 0.1) is 0 Å². The molecule has 1 N–H and O–H groups in total. The number of hydrogen-bond donors (Lipinski definition) is 1. The third-order valence-corrected chi connectivity index (χ3v) is 1.66. The van der Waals surface area contributed by atoms with Crippen molar-refractivity contribution in [2.45, 2.75) is 12.3 Å². The summed E-state index contributed by atoms with van der Waals surface area (Å²) in [5.41, 5.74) is -0.259. The predicted molar refractivity (Wildman–Crippen MR) is 47.8 cm³/mol. The van der Waals surface area contributed by atoms with Crippen molar-refractivity contribution < 1.29 is 36.6 Å². The van der Waals surface area contributed by atoms with Gasteiger partial charge in [0.2, 0.25) is 0 Å². The second-order valence-electron chi connectivity index (χ2n) is 3.06. The number of carbonyl (C=O) groups is 1. The number of hydrogen-bond acceptors (Lipinski definition) is 2. The van der Waals surface area contributed by atoms with Crippen molar-refractivity contribution in [3.05, 3.63) is 24.3 Å². The molecule has 0 fully saturated rings. The molecule has 0 spiro atoms. The number of ether oxygens (including phenoxy) is 1. The molecule has 1 aromatic rings. The van der Waals surface area contributed by atoms with Crippen molar-refractivity contribution in [3.63, 3.8) is 0 Å². The lowest BCUT2D eigenvalue weighted by Gasteiger charge is -2.20. The van der Waals surface area contributed by atoms with Gasteiger partial charge in [-0.15, -0.1) is 0 Å². The van der Waals surface area contributed by atoms with E-state index in [1.165, 1.54) is 0 Å². The predicted octanol–water partition coefficient (Wildman–Crippen LogP) is 3.18. The number of amides is 1. The first-order chi connectivity index (χ1) is 8.12. The average molecular weight is 270 g/mol. The molecule has 0 aliphatic rings. The van der Waals surface area contributed by atoms with E-state index in [9.17, 15) is 31.9 Å². The molecule has 1 aromatic carbocycles. The molecule has 1 radical (unpaired) electrons. The zero-order valence-corrected chi connectivity index (χ0v) is 8.42. The smallest absolute Gasteiger partial charge is 0.426 e. The zero-order chi connectivity index (χ0) is 14.0. The van der Waals surface area contributed by atoms with Gasteiger partial charge in [-0.2, -0.15) is 22.0 Å². The van der Waals surface area contributed by atoms with Gasteiger partial charge in [-0.05, 0) is 12.1 Å². The highest BCUT2D eigenvalue weighted by Gasteiger charge is 2.61. The number of anilines is 1. The Balaban J connectivity index is 2.89. The Kier molecular flexibility index (Phi) is 3.63. The van der Waals surface area contributed by atoms with E-state index in [1.54, 1.807) is 5.32 Å². The summed E-state index contributed by atoms with van der Waals surface area (Å²) in [4.78, 5) is 10.1. The molecule has 99 valence electrons. The maximum absolute atomic E-state index is 12.5. The summed E-state index contributed by atoms with van der Waals surface area (Å²) < 4.78 is 64.0. The summed E-state index contributed by atoms with van der Waals surface area (Å²) in [6.07, 6.45) is -13.0. The Morgan fingerprint density at radius 2 is 1.78 bits per heavy atom. The third kappa shape index (κ3) is 3.47. The first-order valence-corrected chi connectivity index (χ1v) is 4.33. The van der Waals surface area contributed by atoms with E-state index in [2.05, 4.69) is 4.74 Å². The van der Waals surface area contributed by atoms with Crippen LogP contribution in [0.1, 0.15) is 0 Å². The van der Waals surface area contributed by atoms with Gasteiger partial charge >= 0.3 is 18.4 Å². The van der Waals surface area contributed by atoms with Gasteiger partial charge in [-0.25, -0.2) is 9.90 Å². The Hall–Kier alpha value is -2.06. The van der Waals surface area contributed by atoms with Gasteiger partial charge in [-0.1, -0.05) is 6.07 Å². The molecule has 0 unspecified atom stereocenters. The van der Waals surface area contributed by atoms with E-state index in [4.69, 9.17) is 0 Å². The van der Waals surface area contributed by atoms with Crippen LogP contribution in [-0.2, 0) is 5.11 Å². The van der Waals surface area contributed by atoms with Gasteiger partial charge in [0.1, 0.15) is 5.75 Å². The summed E-state index contributed by atoms with van der Waals surface area (Å²) in [6.45, 7) is 0. The maximum Gasteiger partial charge on any atom is 0.499 e. The molecule has 9 heteroatoms. The highest BCUT2D eigenvalue weighted by Crippen LogP contribution is 2.37. The fourth-order valence-corrected chi connectivity index (χ4v) is 0.961. The van der Waals surface area contributed by atoms with E-state index < -0.39 is 24.1 Å². The van der Waals surface area contributed by atoms with Gasteiger partial charge in [-0.3, -0.25) is 5.32 Å². The topological polar surface area (TPSA) is 58.2 Å².